The number of carboxylic acid groups (broad SMARTS) is 1. The molecular weight excluding hydrogens is 1090 g/mol. The standard InChI is InChI=1S/C75H120O12/c1-4-7-10-13-16-19-22-25-28-31-34-37-40-43-46-49-52-55-58-61-67(76)83-64-66(85-68(77)62-59-56-53-50-47-44-41-38-35-32-29-26-23-20-17-14-11-8-5-2)65-84-75-73(71(80)70(79)72(87-75)74(81)82)86-69(78)63-60-57-54-51-48-45-42-39-36-33-30-27-24-21-18-15-12-9-6-3/h9,12,16-21,25-30,34-39,45,48,66,70-73,75,79-80H,4-8,10-11,13-15,22-24,31-33,40-44,46-47,49-65H2,1-3H3,(H,81,82)/b12-9-,19-16-,20-17-,21-18-,28-25-,29-26-,30-27-,37-34-,38-35-,39-36-,48-45-. The average molecular weight is 1210 g/mol. The van der Waals surface area contributed by atoms with Crippen molar-refractivity contribution in [2.45, 2.75) is 302 Å². The zero-order chi connectivity index (χ0) is 63.1. The predicted octanol–water partition coefficient (Wildman–Crippen LogP) is 18.9. The Bertz CT molecular complexity index is 2020. The number of aliphatic hydroxyl groups excluding tert-OH is 2. The first-order valence-corrected chi connectivity index (χ1v) is 34.2. The molecule has 6 atom stereocenters. The number of aliphatic carboxylic acids is 1. The number of carboxylic acids is 1. The maximum absolute atomic E-state index is 13.2. The van der Waals surface area contributed by atoms with Crippen LogP contribution in [-0.4, -0.2) is 89.2 Å². The van der Waals surface area contributed by atoms with Crippen molar-refractivity contribution in [1.82, 2.24) is 0 Å². The Kier molecular flexibility index (Phi) is 56.1. The number of hydrogen-bond acceptors (Lipinski definition) is 11. The van der Waals surface area contributed by atoms with Gasteiger partial charge >= 0.3 is 23.9 Å². The third-order valence-corrected chi connectivity index (χ3v) is 14.7. The molecule has 12 heteroatoms. The van der Waals surface area contributed by atoms with Crippen molar-refractivity contribution in [2.24, 2.45) is 0 Å². The number of hydrogen-bond donors (Lipinski definition) is 3. The monoisotopic (exact) mass is 1210 g/mol. The Balaban J connectivity index is 2.70. The second-order valence-electron chi connectivity index (χ2n) is 22.7. The summed E-state index contributed by atoms with van der Waals surface area (Å²) in [7, 11) is 0. The SMILES string of the molecule is CC/C=C\C/C=C\C/C=C\C/C=C\C/C=C\CCCCCC(=O)OC1C(OCC(COC(=O)CCCCCCCC/C=C\C/C=C\C/C=C\CCCCC)OC(=O)CCCCCCCC/C=C\C/C=C\C/C=C\CCCCC)OC(C(=O)O)C(O)C1O. The van der Waals surface area contributed by atoms with Crippen LogP contribution in [0.25, 0.3) is 0 Å². The molecule has 0 aromatic heterocycles. The molecule has 0 spiro atoms. The van der Waals surface area contributed by atoms with Gasteiger partial charge in [0.1, 0.15) is 18.8 Å². The van der Waals surface area contributed by atoms with E-state index in [1.54, 1.807) is 0 Å². The summed E-state index contributed by atoms with van der Waals surface area (Å²) in [5, 5.41) is 31.7. The zero-order valence-corrected chi connectivity index (χ0v) is 54.5. The number of ether oxygens (including phenoxy) is 5. The first-order valence-electron chi connectivity index (χ1n) is 34.2. The Morgan fingerprint density at radius 3 is 1.11 bits per heavy atom. The van der Waals surface area contributed by atoms with Crippen molar-refractivity contribution < 1.29 is 58.2 Å². The van der Waals surface area contributed by atoms with Gasteiger partial charge in [-0.05, 0) is 141 Å². The molecule has 1 rings (SSSR count). The highest BCUT2D eigenvalue weighted by atomic mass is 16.7. The van der Waals surface area contributed by atoms with Gasteiger partial charge in [-0.2, -0.15) is 0 Å². The molecular formula is C75H120O12. The highest BCUT2D eigenvalue weighted by Gasteiger charge is 2.50. The van der Waals surface area contributed by atoms with E-state index < -0.39 is 67.3 Å². The first-order chi connectivity index (χ1) is 42.6. The molecule has 0 radical (unpaired) electrons. The molecule has 1 aliphatic heterocycles. The topological polar surface area (TPSA) is 175 Å². The van der Waals surface area contributed by atoms with Crippen molar-refractivity contribution in [3.8, 4) is 0 Å². The van der Waals surface area contributed by atoms with E-state index in [0.717, 1.165) is 154 Å². The molecule has 1 heterocycles. The van der Waals surface area contributed by atoms with Crippen LogP contribution < -0.4 is 0 Å². The minimum atomic E-state index is -1.93. The van der Waals surface area contributed by atoms with Crippen molar-refractivity contribution >= 4 is 23.9 Å². The number of aliphatic hydroxyl groups is 2. The van der Waals surface area contributed by atoms with E-state index >= 15 is 0 Å². The number of esters is 3. The maximum Gasteiger partial charge on any atom is 0.335 e. The first kappa shape index (κ1) is 79.9. The Labute approximate surface area is 528 Å². The molecule has 87 heavy (non-hydrogen) atoms. The minimum absolute atomic E-state index is 0.0113. The summed E-state index contributed by atoms with van der Waals surface area (Å²) in [6, 6.07) is 0. The van der Waals surface area contributed by atoms with Crippen molar-refractivity contribution in [2.75, 3.05) is 13.2 Å². The van der Waals surface area contributed by atoms with Crippen LogP contribution in [0.4, 0.5) is 0 Å². The van der Waals surface area contributed by atoms with Crippen LogP contribution in [-0.2, 0) is 42.9 Å². The number of allylic oxidation sites excluding steroid dienone is 22. The maximum atomic E-state index is 13.2. The summed E-state index contributed by atoms with van der Waals surface area (Å²) in [5.74, 6) is -3.21. The molecule has 0 saturated carbocycles. The van der Waals surface area contributed by atoms with E-state index in [9.17, 15) is 34.5 Å². The third-order valence-electron chi connectivity index (χ3n) is 14.7. The minimum Gasteiger partial charge on any atom is -0.479 e. The fourth-order valence-electron chi connectivity index (χ4n) is 9.47. The van der Waals surface area contributed by atoms with Gasteiger partial charge in [-0.15, -0.1) is 0 Å². The van der Waals surface area contributed by atoms with Crippen LogP contribution in [0.1, 0.15) is 265 Å². The Morgan fingerprint density at radius 2 is 0.724 bits per heavy atom. The van der Waals surface area contributed by atoms with Gasteiger partial charge in [-0.1, -0.05) is 238 Å². The fourth-order valence-corrected chi connectivity index (χ4v) is 9.47. The zero-order valence-electron chi connectivity index (χ0n) is 54.5. The van der Waals surface area contributed by atoms with Crippen LogP contribution in [0.3, 0.4) is 0 Å². The molecule has 0 amide bonds. The Hall–Kier alpha value is -5.14. The molecule has 6 unspecified atom stereocenters. The van der Waals surface area contributed by atoms with E-state index in [1.807, 2.05) is 0 Å². The smallest absolute Gasteiger partial charge is 0.335 e. The van der Waals surface area contributed by atoms with Gasteiger partial charge < -0.3 is 39.0 Å². The van der Waals surface area contributed by atoms with E-state index in [2.05, 4.69) is 154 Å². The summed E-state index contributed by atoms with van der Waals surface area (Å²) in [6.45, 7) is 5.81. The highest BCUT2D eigenvalue weighted by Crippen LogP contribution is 2.26. The van der Waals surface area contributed by atoms with Crippen LogP contribution >= 0.6 is 0 Å². The fraction of sp³-hybridized carbons (Fsp3) is 0.653. The average Bonchev–Trinajstić information content (AvgIpc) is 2.60. The van der Waals surface area contributed by atoms with Gasteiger partial charge in [-0.25, -0.2) is 4.79 Å². The molecule has 1 saturated heterocycles. The molecule has 0 aliphatic carbocycles. The molecule has 1 fully saturated rings. The van der Waals surface area contributed by atoms with Gasteiger partial charge in [0.05, 0.1) is 6.61 Å². The predicted molar refractivity (Wildman–Crippen MR) is 358 cm³/mol. The molecule has 492 valence electrons. The van der Waals surface area contributed by atoms with Crippen molar-refractivity contribution in [3.05, 3.63) is 134 Å². The van der Waals surface area contributed by atoms with E-state index in [0.29, 0.717) is 19.3 Å². The molecule has 1 aliphatic rings. The normalized spacial score (nSPS) is 18.2. The summed E-state index contributed by atoms with van der Waals surface area (Å²) in [6.07, 6.45) is 73.9. The lowest BCUT2D eigenvalue weighted by molar-refractivity contribution is -0.301. The number of carbonyl (C=O) groups is 4. The second-order valence-corrected chi connectivity index (χ2v) is 22.7. The van der Waals surface area contributed by atoms with Crippen LogP contribution in [0, 0.1) is 0 Å². The Morgan fingerprint density at radius 1 is 0.391 bits per heavy atom. The molecule has 3 N–H and O–H groups in total. The lowest BCUT2D eigenvalue weighted by Crippen LogP contribution is -2.61. The van der Waals surface area contributed by atoms with E-state index in [-0.39, 0.29) is 25.9 Å². The summed E-state index contributed by atoms with van der Waals surface area (Å²) < 4.78 is 28.5. The largest absolute Gasteiger partial charge is 0.479 e. The highest BCUT2D eigenvalue weighted by molar-refractivity contribution is 5.74. The molecule has 0 aromatic rings. The van der Waals surface area contributed by atoms with Gasteiger partial charge in [0.15, 0.2) is 24.6 Å². The quantitative estimate of drug-likeness (QED) is 0.0228. The number of unbranched alkanes of at least 4 members (excludes halogenated alkanes) is 21. The lowest BCUT2D eigenvalue weighted by Gasteiger charge is -2.40. The summed E-state index contributed by atoms with van der Waals surface area (Å²) >= 11 is 0. The summed E-state index contributed by atoms with van der Waals surface area (Å²) in [5.41, 5.74) is 0. The van der Waals surface area contributed by atoms with Crippen LogP contribution in [0.15, 0.2) is 134 Å². The van der Waals surface area contributed by atoms with Gasteiger partial charge in [0.25, 0.3) is 0 Å². The van der Waals surface area contributed by atoms with Crippen LogP contribution in [0.5, 0.6) is 0 Å². The van der Waals surface area contributed by atoms with E-state index in [1.165, 1.54) is 51.4 Å². The van der Waals surface area contributed by atoms with Gasteiger partial charge in [0, 0.05) is 19.3 Å². The lowest BCUT2D eigenvalue weighted by atomic mass is 9.98. The van der Waals surface area contributed by atoms with Gasteiger partial charge in [0.2, 0.25) is 0 Å². The molecule has 0 aromatic carbocycles. The molecule has 12 nitrogen and oxygen atoms in total. The number of carbonyl (C=O) groups excluding carboxylic acids is 3. The van der Waals surface area contributed by atoms with Crippen LogP contribution in [0.2, 0.25) is 0 Å². The second kappa shape index (κ2) is 61.1. The molecule has 0 bridgehead atoms. The van der Waals surface area contributed by atoms with Crippen molar-refractivity contribution in [3.63, 3.8) is 0 Å². The number of rotatable bonds is 57. The van der Waals surface area contributed by atoms with Crippen molar-refractivity contribution in [1.29, 1.82) is 0 Å². The summed E-state index contributed by atoms with van der Waals surface area (Å²) in [4.78, 5) is 51.5. The van der Waals surface area contributed by atoms with Gasteiger partial charge in [-0.3, -0.25) is 14.4 Å². The third kappa shape index (κ3) is 50.4. The van der Waals surface area contributed by atoms with E-state index in [4.69, 9.17) is 23.7 Å².